The van der Waals surface area contributed by atoms with E-state index < -0.39 is 5.72 Å². The summed E-state index contributed by atoms with van der Waals surface area (Å²) < 4.78 is 7.20. The van der Waals surface area contributed by atoms with Gasteiger partial charge in [0.05, 0.1) is 11.6 Å². The van der Waals surface area contributed by atoms with Crippen LogP contribution >= 0.6 is 0 Å². The molecule has 3 nitrogen and oxygen atoms in total. The van der Waals surface area contributed by atoms with E-state index in [1.807, 2.05) is 0 Å². The van der Waals surface area contributed by atoms with Gasteiger partial charge in [-0.15, -0.1) is 0 Å². The SMILES string of the molecule is CC(C)(C)CN1c2ccccc2C2(CCCCC2)C12C=Nc1c(ccc3ccccc13)O2. The molecule has 1 saturated carbocycles. The minimum Gasteiger partial charge on any atom is -0.459 e. The largest absolute Gasteiger partial charge is 0.459 e. The van der Waals surface area contributed by atoms with Gasteiger partial charge in [0.15, 0.2) is 0 Å². The quantitative estimate of drug-likeness (QED) is 0.406. The maximum atomic E-state index is 7.20. The smallest absolute Gasteiger partial charge is 0.229 e. The van der Waals surface area contributed by atoms with Gasteiger partial charge in [0, 0.05) is 17.6 Å². The molecule has 6 rings (SSSR count). The van der Waals surface area contributed by atoms with Crippen LogP contribution in [-0.4, -0.2) is 18.5 Å². The van der Waals surface area contributed by atoms with Crippen molar-refractivity contribution in [2.24, 2.45) is 10.4 Å². The molecule has 1 atom stereocenters. The molecule has 0 N–H and O–H groups in total. The third-order valence-corrected chi connectivity index (χ3v) is 7.63. The summed E-state index contributed by atoms with van der Waals surface area (Å²) in [6.45, 7) is 7.87. The van der Waals surface area contributed by atoms with Crippen LogP contribution in [-0.2, 0) is 5.41 Å². The first-order chi connectivity index (χ1) is 15.4. The van der Waals surface area contributed by atoms with Gasteiger partial charge in [-0.1, -0.05) is 88.6 Å². The van der Waals surface area contributed by atoms with Crippen LogP contribution in [0.5, 0.6) is 5.75 Å². The van der Waals surface area contributed by atoms with Crippen LogP contribution in [0, 0.1) is 5.41 Å². The first kappa shape index (κ1) is 19.8. The van der Waals surface area contributed by atoms with Crippen LogP contribution in [0.15, 0.2) is 65.7 Å². The van der Waals surface area contributed by atoms with Crippen LogP contribution in [0.3, 0.4) is 0 Å². The van der Waals surface area contributed by atoms with Crippen molar-refractivity contribution < 1.29 is 4.74 Å². The van der Waals surface area contributed by atoms with Gasteiger partial charge in [0.1, 0.15) is 11.4 Å². The topological polar surface area (TPSA) is 24.8 Å². The molecule has 3 aromatic carbocycles. The molecule has 164 valence electrons. The third-order valence-electron chi connectivity index (χ3n) is 7.63. The van der Waals surface area contributed by atoms with E-state index in [0.29, 0.717) is 0 Å². The molecule has 1 fully saturated rings. The molecule has 3 aliphatic rings. The minimum atomic E-state index is -0.583. The van der Waals surface area contributed by atoms with E-state index in [1.54, 1.807) is 0 Å². The average Bonchev–Trinajstić information content (AvgIpc) is 2.99. The van der Waals surface area contributed by atoms with E-state index in [0.717, 1.165) is 36.2 Å². The van der Waals surface area contributed by atoms with Gasteiger partial charge in [-0.25, -0.2) is 0 Å². The monoisotopic (exact) mass is 424 g/mol. The van der Waals surface area contributed by atoms with Gasteiger partial charge in [-0.05, 0) is 41.3 Å². The second kappa shape index (κ2) is 6.84. The summed E-state index contributed by atoms with van der Waals surface area (Å²) in [7, 11) is 0. The molecule has 32 heavy (non-hydrogen) atoms. The van der Waals surface area contributed by atoms with Crippen molar-refractivity contribution in [1.82, 2.24) is 0 Å². The van der Waals surface area contributed by atoms with Crippen molar-refractivity contribution in [3.63, 3.8) is 0 Å². The zero-order valence-electron chi connectivity index (χ0n) is 19.4. The average molecular weight is 425 g/mol. The molecule has 1 aliphatic carbocycles. The molecule has 0 saturated heterocycles. The molecule has 2 heterocycles. The standard InChI is InChI=1S/C29H32N2O/c1-27(2,3)20-31-24-14-8-7-13-23(24)28(17-9-4-10-18-28)29(31)19-30-26-22-12-6-5-11-21(22)15-16-25(26)32-29/h5-8,11-16,19H,4,9-10,17-18,20H2,1-3H3. The van der Waals surface area contributed by atoms with E-state index in [1.165, 1.54) is 35.9 Å². The Kier molecular flexibility index (Phi) is 4.24. The fourth-order valence-corrected chi connectivity index (χ4v) is 6.35. The van der Waals surface area contributed by atoms with E-state index in [2.05, 4.69) is 92.5 Å². The van der Waals surface area contributed by atoms with Crippen molar-refractivity contribution in [3.05, 3.63) is 66.2 Å². The Balaban J connectivity index is 1.59. The summed E-state index contributed by atoms with van der Waals surface area (Å²) in [5.74, 6) is 0.905. The number of nitrogens with zero attached hydrogens (tertiary/aromatic N) is 2. The van der Waals surface area contributed by atoms with E-state index in [-0.39, 0.29) is 10.8 Å². The molecular formula is C29H32N2O. The summed E-state index contributed by atoms with van der Waals surface area (Å²) >= 11 is 0. The van der Waals surface area contributed by atoms with Crippen molar-refractivity contribution in [2.75, 3.05) is 11.4 Å². The number of para-hydroxylation sites is 1. The molecule has 3 heteroatoms. The number of ether oxygens (including phenoxy) is 1. The molecule has 0 aromatic heterocycles. The Morgan fingerprint density at radius 1 is 0.906 bits per heavy atom. The summed E-state index contributed by atoms with van der Waals surface area (Å²) in [5.41, 5.74) is 3.20. The summed E-state index contributed by atoms with van der Waals surface area (Å²) in [6.07, 6.45) is 8.22. The predicted octanol–water partition coefficient (Wildman–Crippen LogP) is 7.40. The fraction of sp³-hybridized carbons (Fsp3) is 0.414. The normalized spacial score (nSPS) is 23.4. The maximum Gasteiger partial charge on any atom is 0.229 e. The number of anilines is 1. The second-order valence-corrected chi connectivity index (χ2v) is 11.0. The van der Waals surface area contributed by atoms with Crippen molar-refractivity contribution in [3.8, 4) is 5.75 Å². The van der Waals surface area contributed by atoms with Crippen LogP contribution in [0.25, 0.3) is 10.8 Å². The molecule has 1 unspecified atom stereocenters. The molecular weight excluding hydrogens is 392 g/mol. The Labute approximate surface area is 191 Å². The fourth-order valence-electron chi connectivity index (χ4n) is 6.35. The van der Waals surface area contributed by atoms with Gasteiger partial charge in [0.2, 0.25) is 5.72 Å². The van der Waals surface area contributed by atoms with E-state index in [4.69, 9.17) is 9.73 Å². The lowest BCUT2D eigenvalue weighted by atomic mass is 9.64. The van der Waals surface area contributed by atoms with E-state index in [9.17, 15) is 0 Å². The number of fused-ring (bicyclic) bond motifs is 6. The third kappa shape index (κ3) is 2.69. The van der Waals surface area contributed by atoms with Crippen LogP contribution in [0.4, 0.5) is 11.4 Å². The van der Waals surface area contributed by atoms with Crippen molar-refractivity contribution in [1.29, 1.82) is 0 Å². The highest BCUT2D eigenvalue weighted by Crippen LogP contribution is 2.60. The maximum absolute atomic E-state index is 7.20. The Bertz CT molecular complexity index is 1220. The predicted molar refractivity (Wildman–Crippen MR) is 133 cm³/mol. The summed E-state index contributed by atoms with van der Waals surface area (Å²) in [4.78, 5) is 7.71. The van der Waals surface area contributed by atoms with Gasteiger partial charge < -0.3 is 9.64 Å². The number of hydrogen-bond acceptors (Lipinski definition) is 3. The highest BCUT2D eigenvalue weighted by Gasteiger charge is 2.64. The minimum absolute atomic E-state index is 0.0695. The van der Waals surface area contributed by atoms with Crippen LogP contribution < -0.4 is 9.64 Å². The van der Waals surface area contributed by atoms with Gasteiger partial charge in [-0.2, -0.15) is 0 Å². The lowest BCUT2D eigenvalue weighted by Crippen LogP contribution is -2.65. The highest BCUT2D eigenvalue weighted by atomic mass is 16.5. The molecule has 0 amide bonds. The number of rotatable bonds is 1. The van der Waals surface area contributed by atoms with Crippen LogP contribution in [0.2, 0.25) is 0 Å². The Morgan fingerprint density at radius 3 is 2.47 bits per heavy atom. The van der Waals surface area contributed by atoms with Gasteiger partial charge >= 0.3 is 0 Å². The lowest BCUT2D eigenvalue weighted by molar-refractivity contribution is 0.0318. The first-order valence-corrected chi connectivity index (χ1v) is 12.1. The second-order valence-electron chi connectivity index (χ2n) is 11.0. The molecule has 3 aromatic rings. The van der Waals surface area contributed by atoms with E-state index >= 15 is 0 Å². The summed E-state index contributed by atoms with van der Waals surface area (Å²) in [6, 6.07) is 21.8. The van der Waals surface area contributed by atoms with Gasteiger partial charge in [0.25, 0.3) is 0 Å². The first-order valence-electron chi connectivity index (χ1n) is 12.1. The molecule has 2 spiro atoms. The van der Waals surface area contributed by atoms with Crippen LogP contribution in [0.1, 0.15) is 58.4 Å². The van der Waals surface area contributed by atoms with Crippen molar-refractivity contribution in [2.45, 2.75) is 64.0 Å². The molecule has 0 radical (unpaired) electrons. The molecule has 2 aliphatic heterocycles. The lowest BCUT2D eigenvalue weighted by Gasteiger charge is -2.51. The highest BCUT2D eigenvalue weighted by molar-refractivity contribution is 6.00. The summed E-state index contributed by atoms with van der Waals surface area (Å²) in [5, 5.41) is 2.36. The van der Waals surface area contributed by atoms with Gasteiger partial charge in [-0.3, -0.25) is 4.99 Å². The Morgan fingerprint density at radius 2 is 1.66 bits per heavy atom. The zero-order chi connectivity index (χ0) is 22.0. The number of aliphatic imine (C=N–C) groups is 1. The zero-order valence-corrected chi connectivity index (χ0v) is 19.4. The number of hydrogen-bond donors (Lipinski definition) is 0. The molecule has 0 bridgehead atoms. The Hall–Kier alpha value is -2.81. The number of benzene rings is 3. The van der Waals surface area contributed by atoms with Crippen molar-refractivity contribution >= 4 is 28.4 Å².